The molecule has 0 aliphatic heterocycles. The van der Waals surface area contributed by atoms with Crippen LogP contribution in [0.25, 0.3) is 11.0 Å². The van der Waals surface area contributed by atoms with E-state index in [2.05, 4.69) is 23.2 Å². The number of ketones is 1. The van der Waals surface area contributed by atoms with Crippen molar-refractivity contribution in [1.29, 1.82) is 0 Å². The number of thioether (sulfide) groups is 1. The Kier molecular flexibility index (Phi) is 4.39. The third kappa shape index (κ3) is 3.24. The topological polar surface area (TPSA) is 44.1 Å². The van der Waals surface area contributed by atoms with E-state index in [1.807, 2.05) is 36.7 Å². The van der Waals surface area contributed by atoms with Crippen LogP contribution in [0.15, 0.2) is 47.6 Å². The second-order valence-corrected chi connectivity index (χ2v) is 6.33. The van der Waals surface area contributed by atoms with Crippen LogP contribution in [-0.4, -0.2) is 28.2 Å². The number of carbonyl (C=O) groups is 1. The number of hydrogen-bond acceptors (Lipinski definition) is 4. The van der Waals surface area contributed by atoms with Gasteiger partial charge in [-0.15, -0.1) is 0 Å². The lowest BCUT2D eigenvalue weighted by Gasteiger charge is -2.04. The third-order valence-electron chi connectivity index (χ3n) is 3.72. The largest absolute Gasteiger partial charge is 0.497 e. The summed E-state index contributed by atoms with van der Waals surface area (Å²) in [5.41, 5.74) is 3.88. The number of aromatic nitrogens is 2. The van der Waals surface area contributed by atoms with Crippen LogP contribution >= 0.6 is 11.8 Å². The maximum atomic E-state index is 12.4. The quantitative estimate of drug-likeness (QED) is 0.527. The molecule has 0 saturated carbocycles. The molecular formula is C18H18N2O2S. The Morgan fingerprint density at radius 2 is 2.09 bits per heavy atom. The fourth-order valence-corrected chi connectivity index (χ4v) is 3.31. The summed E-state index contributed by atoms with van der Waals surface area (Å²) in [4.78, 5) is 17.0. The molecule has 0 N–H and O–H groups in total. The Morgan fingerprint density at radius 3 is 2.87 bits per heavy atom. The molecule has 0 unspecified atom stereocenters. The number of hydrogen-bond donors (Lipinski definition) is 0. The zero-order valence-electron chi connectivity index (χ0n) is 13.4. The van der Waals surface area contributed by atoms with Gasteiger partial charge in [-0.2, -0.15) is 0 Å². The molecule has 0 saturated heterocycles. The van der Waals surface area contributed by atoms with Crippen LogP contribution in [0.3, 0.4) is 0 Å². The molecule has 0 atom stereocenters. The molecule has 3 rings (SSSR count). The van der Waals surface area contributed by atoms with Crippen LogP contribution in [0, 0.1) is 6.92 Å². The van der Waals surface area contributed by atoms with Crippen LogP contribution in [-0.2, 0) is 7.05 Å². The third-order valence-corrected chi connectivity index (χ3v) is 4.75. The van der Waals surface area contributed by atoms with Gasteiger partial charge in [0.05, 0.1) is 23.9 Å². The SMILES string of the molecule is COc1cccc(C(=O)CSc2nc3cc(C)ccc3n2C)c1. The summed E-state index contributed by atoms with van der Waals surface area (Å²) in [5.74, 6) is 1.11. The van der Waals surface area contributed by atoms with Crippen LogP contribution in [0.5, 0.6) is 5.75 Å². The first-order valence-electron chi connectivity index (χ1n) is 7.31. The first kappa shape index (κ1) is 15.6. The normalized spacial score (nSPS) is 10.9. The molecule has 0 fully saturated rings. The van der Waals surface area contributed by atoms with Gasteiger partial charge < -0.3 is 9.30 Å². The highest BCUT2D eigenvalue weighted by molar-refractivity contribution is 7.99. The van der Waals surface area contributed by atoms with Gasteiger partial charge >= 0.3 is 0 Å². The summed E-state index contributed by atoms with van der Waals surface area (Å²) in [6.45, 7) is 2.05. The molecular weight excluding hydrogens is 308 g/mol. The van der Waals surface area contributed by atoms with Gasteiger partial charge in [0, 0.05) is 12.6 Å². The van der Waals surface area contributed by atoms with Gasteiger partial charge in [0.1, 0.15) is 5.75 Å². The molecule has 0 amide bonds. The summed E-state index contributed by atoms with van der Waals surface area (Å²) < 4.78 is 7.19. The van der Waals surface area contributed by atoms with E-state index in [9.17, 15) is 4.79 Å². The minimum Gasteiger partial charge on any atom is -0.497 e. The molecule has 118 valence electrons. The van der Waals surface area contributed by atoms with E-state index in [1.165, 1.54) is 17.3 Å². The van der Waals surface area contributed by atoms with E-state index >= 15 is 0 Å². The number of rotatable bonds is 5. The van der Waals surface area contributed by atoms with E-state index in [-0.39, 0.29) is 5.78 Å². The summed E-state index contributed by atoms with van der Waals surface area (Å²) in [6, 6.07) is 13.4. The number of aryl methyl sites for hydroxylation is 2. The van der Waals surface area contributed by atoms with Gasteiger partial charge in [0.15, 0.2) is 10.9 Å². The Labute approximate surface area is 139 Å². The average Bonchev–Trinajstić information content (AvgIpc) is 2.88. The number of imidazole rings is 1. The molecule has 4 nitrogen and oxygen atoms in total. The Morgan fingerprint density at radius 1 is 1.26 bits per heavy atom. The molecule has 0 aliphatic rings. The van der Waals surface area contributed by atoms with Crippen molar-refractivity contribution in [3.8, 4) is 5.75 Å². The predicted octanol–water partition coefficient (Wildman–Crippen LogP) is 3.87. The van der Waals surface area contributed by atoms with Crippen molar-refractivity contribution in [2.24, 2.45) is 7.05 Å². The number of methoxy groups -OCH3 is 1. The minimum absolute atomic E-state index is 0.0668. The summed E-state index contributed by atoms with van der Waals surface area (Å²) in [7, 11) is 3.57. The van der Waals surface area contributed by atoms with E-state index in [0.717, 1.165) is 16.2 Å². The Hall–Kier alpha value is -2.27. The lowest BCUT2D eigenvalue weighted by atomic mass is 10.1. The zero-order chi connectivity index (χ0) is 16.4. The number of fused-ring (bicyclic) bond motifs is 1. The smallest absolute Gasteiger partial charge is 0.173 e. The van der Waals surface area contributed by atoms with Crippen molar-refractivity contribution in [1.82, 2.24) is 9.55 Å². The highest BCUT2D eigenvalue weighted by Gasteiger charge is 2.12. The minimum atomic E-state index is 0.0668. The summed E-state index contributed by atoms with van der Waals surface area (Å²) >= 11 is 1.46. The lowest BCUT2D eigenvalue weighted by molar-refractivity contribution is 0.102. The fourth-order valence-electron chi connectivity index (χ4n) is 2.43. The lowest BCUT2D eigenvalue weighted by Crippen LogP contribution is -2.04. The van der Waals surface area contributed by atoms with Crippen molar-refractivity contribution < 1.29 is 9.53 Å². The van der Waals surface area contributed by atoms with Crippen LogP contribution in [0.2, 0.25) is 0 Å². The summed E-state index contributed by atoms with van der Waals surface area (Å²) in [6.07, 6.45) is 0. The van der Waals surface area contributed by atoms with E-state index in [0.29, 0.717) is 17.1 Å². The molecule has 0 radical (unpaired) electrons. The molecule has 2 aromatic carbocycles. The second kappa shape index (κ2) is 6.46. The summed E-state index contributed by atoms with van der Waals surface area (Å²) in [5, 5.41) is 0.849. The van der Waals surface area contributed by atoms with Gasteiger partial charge in [0.2, 0.25) is 0 Å². The number of nitrogens with zero attached hydrogens (tertiary/aromatic N) is 2. The van der Waals surface area contributed by atoms with Crippen LogP contribution in [0.4, 0.5) is 0 Å². The van der Waals surface area contributed by atoms with Crippen molar-refractivity contribution in [2.75, 3.05) is 12.9 Å². The van der Waals surface area contributed by atoms with Crippen LogP contribution in [0.1, 0.15) is 15.9 Å². The van der Waals surface area contributed by atoms with E-state index in [4.69, 9.17) is 4.74 Å². The molecule has 0 aliphatic carbocycles. The maximum Gasteiger partial charge on any atom is 0.173 e. The molecule has 1 heterocycles. The monoisotopic (exact) mass is 326 g/mol. The first-order chi connectivity index (χ1) is 11.1. The van der Waals surface area contributed by atoms with Crippen molar-refractivity contribution in [3.05, 3.63) is 53.6 Å². The average molecular weight is 326 g/mol. The molecule has 0 bridgehead atoms. The number of ether oxygens (including phenoxy) is 1. The highest BCUT2D eigenvalue weighted by atomic mass is 32.2. The predicted molar refractivity (Wildman–Crippen MR) is 93.5 cm³/mol. The van der Waals surface area contributed by atoms with Gasteiger partial charge in [-0.1, -0.05) is 30.0 Å². The Balaban J connectivity index is 1.77. The standard InChI is InChI=1S/C18H18N2O2S/c1-12-7-8-16-15(9-12)19-18(20(16)2)23-11-17(21)13-5-4-6-14(10-13)22-3/h4-10H,11H2,1-3H3. The Bertz CT molecular complexity index is 871. The molecule has 5 heteroatoms. The van der Waals surface area contributed by atoms with E-state index in [1.54, 1.807) is 13.2 Å². The zero-order valence-corrected chi connectivity index (χ0v) is 14.2. The number of benzene rings is 2. The van der Waals surface area contributed by atoms with Gasteiger partial charge in [-0.25, -0.2) is 4.98 Å². The molecule has 1 aromatic heterocycles. The van der Waals surface area contributed by atoms with Gasteiger partial charge in [0.25, 0.3) is 0 Å². The van der Waals surface area contributed by atoms with Crippen LogP contribution < -0.4 is 4.74 Å². The van der Waals surface area contributed by atoms with Crippen molar-refractivity contribution in [3.63, 3.8) is 0 Å². The molecule has 23 heavy (non-hydrogen) atoms. The highest BCUT2D eigenvalue weighted by Crippen LogP contribution is 2.24. The van der Waals surface area contributed by atoms with E-state index < -0.39 is 0 Å². The maximum absolute atomic E-state index is 12.4. The number of Topliss-reactive ketones (excluding diaryl/α,β-unsaturated/α-hetero) is 1. The first-order valence-corrected chi connectivity index (χ1v) is 8.30. The number of carbonyl (C=O) groups excluding carboxylic acids is 1. The fraction of sp³-hybridized carbons (Fsp3) is 0.222. The second-order valence-electron chi connectivity index (χ2n) is 5.39. The van der Waals surface area contributed by atoms with Crippen molar-refractivity contribution in [2.45, 2.75) is 12.1 Å². The molecule has 3 aromatic rings. The van der Waals surface area contributed by atoms with Crippen molar-refractivity contribution >= 4 is 28.6 Å². The molecule has 0 spiro atoms. The van der Waals surface area contributed by atoms with Gasteiger partial charge in [-0.05, 0) is 36.8 Å². The van der Waals surface area contributed by atoms with Gasteiger partial charge in [-0.3, -0.25) is 4.79 Å².